The summed E-state index contributed by atoms with van der Waals surface area (Å²) in [6, 6.07) is 0. The van der Waals surface area contributed by atoms with Gasteiger partial charge in [-0.05, 0) is 6.26 Å². The normalized spacial score (nSPS) is 10.8. The first kappa shape index (κ1) is 7.60. The van der Waals surface area contributed by atoms with Crippen LogP contribution in [-0.2, 0) is 0 Å². The molecule has 10 heavy (non-hydrogen) atoms. The summed E-state index contributed by atoms with van der Waals surface area (Å²) in [5.74, 6) is 1.04. The monoisotopic (exact) mass is 158 g/mol. The zero-order valence-electron chi connectivity index (χ0n) is 6.29. The molecule has 56 valence electrons. The molecule has 0 aromatic carbocycles. The van der Waals surface area contributed by atoms with Crippen molar-refractivity contribution in [2.24, 2.45) is 0 Å². The highest BCUT2D eigenvalue weighted by Crippen LogP contribution is 2.15. The van der Waals surface area contributed by atoms with Crippen LogP contribution in [0.3, 0.4) is 0 Å². The highest BCUT2D eigenvalue weighted by molar-refractivity contribution is 7.98. The molecule has 0 bridgehead atoms. The number of thioether (sulfide) groups is 1. The summed E-state index contributed by atoms with van der Waals surface area (Å²) in [6.07, 6.45) is 1.93. The van der Waals surface area contributed by atoms with Crippen LogP contribution < -0.4 is 0 Å². The number of hydrogen-bond donors (Lipinski definition) is 0. The fourth-order valence-electron chi connectivity index (χ4n) is 0.538. The molecule has 1 aromatic rings. The van der Waals surface area contributed by atoms with E-state index in [9.17, 15) is 0 Å². The molecular weight excluding hydrogens is 148 g/mol. The summed E-state index contributed by atoms with van der Waals surface area (Å²) in [5.41, 5.74) is 0. The summed E-state index contributed by atoms with van der Waals surface area (Å²) in [7, 11) is 0. The Hall–Kier alpha value is -0.510. The van der Waals surface area contributed by atoms with Crippen LogP contribution >= 0.6 is 11.8 Å². The van der Waals surface area contributed by atoms with Crippen molar-refractivity contribution in [2.75, 3.05) is 6.26 Å². The second-order valence-corrected chi connectivity index (χ2v) is 3.05. The van der Waals surface area contributed by atoms with Crippen LogP contribution in [0.5, 0.6) is 0 Å². The number of nitrogens with zero attached hydrogens (tertiary/aromatic N) is 2. The van der Waals surface area contributed by atoms with Crippen LogP contribution in [0.4, 0.5) is 0 Å². The minimum Gasteiger partial charge on any atom is -0.338 e. The van der Waals surface area contributed by atoms with E-state index in [0.29, 0.717) is 17.0 Å². The van der Waals surface area contributed by atoms with Gasteiger partial charge >= 0.3 is 0 Å². The largest absolute Gasteiger partial charge is 0.338 e. The molecule has 1 aromatic heterocycles. The first-order chi connectivity index (χ1) is 4.74. The molecule has 0 atom stereocenters. The van der Waals surface area contributed by atoms with Crippen molar-refractivity contribution in [3.05, 3.63) is 5.89 Å². The number of hydrogen-bond acceptors (Lipinski definition) is 4. The van der Waals surface area contributed by atoms with E-state index in [1.165, 1.54) is 11.8 Å². The smallest absolute Gasteiger partial charge is 0.229 e. The SMILES string of the molecule is CSc1noc(C(C)C)n1. The lowest BCUT2D eigenvalue weighted by Gasteiger charge is -1.91. The Morgan fingerprint density at radius 3 is 2.50 bits per heavy atom. The maximum absolute atomic E-state index is 4.94. The summed E-state index contributed by atoms with van der Waals surface area (Å²) in [6.45, 7) is 4.05. The van der Waals surface area contributed by atoms with E-state index >= 15 is 0 Å². The Balaban J connectivity index is 2.78. The maximum atomic E-state index is 4.94. The molecule has 0 saturated carbocycles. The number of rotatable bonds is 2. The average molecular weight is 158 g/mol. The van der Waals surface area contributed by atoms with Crippen LogP contribution in [0.2, 0.25) is 0 Å². The highest BCUT2D eigenvalue weighted by Gasteiger charge is 2.07. The van der Waals surface area contributed by atoms with Gasteiger partial charge in [0.2, 0.25) is 11.0 Å². The van der Waals surface area contributed by atoms with Gasteiger partial charge in [0.1, 0.15) is 0 Å². The molecule has 0 N–H and O–H groups in total. The second-order valence-electron chi connectivity index (χ2n) is 2.27. The van der Waals surface area contributed by atoms with Crippen molar-refractivity contribution in [3.63, 3.8) is 0 Å². The van der Waals surface area contributed by atoms with Gasteiger partial charge in [0.05, 0.1) is 0 Å². The minimum absolute atomic E-state index is 0.327. The molecule has 0 aliphatic heterocycles. The molecule has 0 aliphatic carbocycles. The van der Waals surface area contributed by atoms with E-state index in [2.05, 4.69) is 10.1 Å². The molecular formula is C6H10N2OS. The van der Waals surface area contributed by atoms with Crippen molar-refractivity contribution in [3.8, 4) is 0 Å². The van der Waals surface area contributed by atoms with E-state index < -0.39 is 0 Å². The van der Waals surface area contributed by atoms with Crippen LogP contribution in [0, 0.1) is 0 Å². The molecule has 1 rings (SSSR count). The molecule has 0 fully saturated rings. The number of aromatic nitrogens is 2. The Bertz CT molecular complexity index is 209. The van der Waals surface area contributed by atoms with E-state index in [0.717, 1.165) is 0 Å². The Kier molecular flexibility index (Phi) is 2.32. The predicted molar refractivity (Wildman–Crippen MR) is 40.2 cm³/mol. The van der Waals surface area contributed by atoms with E-state index in [-0.39, 0.29) is 0 Å². The van der Waals surface area contributed by atoms with Crippen LogP contribution in [-0.4, -0.2) is 16.4 Å². The van der Waals surface area contributed by atoms with Gasteiger partial charge in [-0.1, -0.05) is 30.8 Å². The van der Waals surface area contributed by atoms with Gasteiger partial charge in [0.15, 0.2) is 0 Å². The zero-order valence-corrected chi connectivity index (χ0v) is 7.10. The maximum Gasteiger partial charge on any atom is 0.229 e. The van der Waals surface area contributed by atoms with Gasteiger partial charge in [-0.15, -0.1) is 0 Å². The Morgan fingerprint density at radius 2 is 2.20 bits per heavy atom. The van der Waals surface area contributed by atoms with Crippen molar-refractivity contribution < 1.29 is 4.52 Å². The summed E-state index contributed by atoms with van der Waals surface area (Å²) < 4.78 is 4.94. The fraction of sp³-hybridized carbons (Fsp3) is 0.667. The average Bonchev–Trinajstić information content (AvgIpc) is 2.34. The van der Waals surface area contributed by atoms with E-state index in [1.807, 2.05) is 20.1 Å². The Morgan fingerprint density at radius 1 is 1.50 bits per heavy atom. The van der Waals surface area contributed by atoms with E-state index in [1.54, 1.807) is 0 Å². The van der Waals surface area contributed by atoms with Crippen LogP contribution in [0.1, 0.15) is 25.7 Å². The second kappa shape index (κ2) is 3.05. The van der Waals surface area contributed by atoms with Crippen LogP contribution in [0.15, 0.2) is 9.68 Å². The molecule has 0 saturated heterocycles. The van der Waals surface area contributed by atoms with Gasteiger partial charge in [-0.2, -0.15) is 4.98 Å². The molecule has 0 aliphatic rings. The highest BCUT2D eigenvalue weighted by atomic mass is 32.2. The lowest BCUT2D eigenvalue weighted by Crippen LogP contribution is -1.85. The van der Waals surface area contributed by atoms with Gasteiger partial charge in [0, 0.05) is 5.92 Å². The standard InChI is InChI=1S/C6H10N2OS/c1-4(2)5-7-6(10-3)8-9-5/h4H,1-3H3. The molecule has 0 unspecified atom stereocenters. The molecule has 3 nitrogen and oxygen atoms in total. The van der Waals surface area contributed by atoms with Gasteiger partial charge in [-0.25, -0.2) is 0 Å². The van der Waals surface area contributed by atoms with Crippen molar-refractivity contribution in [1.29, 1.82) is 0 Å². The third kappa shape index (κ3) is 1.50. The van der Waals surface area contributed by atoms with Crippen molar-refractivity contribution in [1.82, 2.24) is 10.1 Å². The summed E-state index contributed by atoms with van der Waals surface area (Å²) in [4.78, 5) is 4.11. The molecule has 4 heteroatoms. The third-order valence-electron chi connectivity index (χ3n) is 1.10. The Labute approximate surface area is 64.2 Å². The first-order valence-electron chi connectivity index (χ1n) is 3.11. The summed E-state index contributed by atoms with van der Waals surface area (Å²) >= 11 is 1.49. The van der Waals surface area contributed by atoms with Gasteiger partial charge < -0.3 is 4.52 Å². The zero-order chi connectivity index (χ0) is 7.56. The van der Waals surface area contributed by atoms with E-state index in [4.69, 9.17) is 4.52 Å². The molecule has 0 amide bonds. The first-order valence-corrected chi connectivity index (χ1v) is 4.34. The lowest BCUT2D eigenvalue weighted by molar-refractivity contribution is 0.356. The topological polar surface area (TPSA) is 38.9 Å². The quantitative estimate of drug-likeness (QED) is 0.616. The molecule has 0 spiro atoms. The van der Waals surface area contributed by atoms with Crippen LogP contribution in [0.25, 0.3) is 0 Å². The lowest BCUT2D eigenvalue weighted by atomic mass is 10.2. The fourth-order valence-corrected chi connectivity index (χ4v) is 0.831. The predicted octanol–water partition coefficient (Wildman–Crippen LogP) is 1.91. The summed E-state index contributed by atoms with van der Waals surface area (Å²) in [5, 5.41) is 4.44. The minimum atomic E-state index is 0.327. The molecule has 1 heterocycles. The van der Waals surface area contributed by atoms with Crippen molar-refractivity contribution >= 4 is 11.8 Å². The van der Waals surface area contributed by atoms with Crippen molar-refractivity contribution in [2.45, 2.75) is 24.9 Å². The third-order valence-corrected chi connectivity index (χ3v) is 1.63. The van der Waals surface area contributed by atoms with Gasteiger partial charge in [0.25, 0.3) is 0 Å². The van der Waals surface area contributed by atoms with Gasteiger partial charge in [-0.3, -0.25) is 0 Å². The molecule has 0 radical (unpaired) electrons.